The lowest BCUT2D eigenvalue weighted by atomic mass is 9.89. The van der Waals surface area contributed by atoms with Gasteiger partial charge in [-0.1, -0.05) is 34.1 Å². The van der Waals surface area contributed by atoms with E-state index in [0.717, 1.165) is 19.3 Å². The quantitative estimate of drug-likeness (QED) is 0.701. The maximum absolute atomic E-state index is 11.7. The first-order chi connectivity index (χ1) is 5.94. The van der Waals surface area contributed by atoms with Crippen molar-refractivity contribution in [2.24, 2.45) is 5.41 Å². The molecule has 0 aliphatic heterocycles. The maximum Gasteiger partial charge on any atom is 0.225 e. The second-order valence-electron chi connectivity index (χ2n) is 4.40. The minimum Gasteiger partial charge on any atom is -0.353 e. The minimum absolute atomic E-state index is 0.177. The number of rotatable bonds is 5. The van der Waals surface area contributed by atoms with Crippen molar-refractivity contribution in [1.82, 2.24) is 5.32 Å². The van der Waals surface area contributed by atoms with Gasteiger partial charge in [-0.15, -0.1) is 0 Å². The van der Waals surface area contributed by atoms with E-state index in [0.29, 0.717) is 6.04 Å². The fourth-order valence-corrected chi connectivity index (χ4v) is 1.08. The smallest absolute Gasteiger partial charge is 0.225 e. The summed E-state index contributed by atoms with van der Waals surface area (Å²) in [7, 11) is 0. The van der Waals surface area contributed by atoms with E-state index in [-0.39, 0.29) is 11.3 Å². The zero-order valence-corrected chi connectivity index (χ0v) is 9.61. The number of hydrogen-bond donors (Lipinski definition) is 1. The summed E-state index contributed by atoms with van der Waals surface area (Å²) in [4.78, 5) is 11.7. The average molecular weight is 185 g/mol. The van der Waals surface area contributed by atoms with Crippen molar-refractivity contribution in [3.8, 4) is 0 Å². The molecule has 0 heterocycles. The molecule has 1 unspecified atom stereocenters. The number of hydrogen-bond acceptors (Lipinski definition) is 1. The first-order valence-corrected chi connectivity index (χ1v) is 5.25. The van der Waals surface area contributed by atoms with Crippen LogP contribution in [0, 0.1) is 5.41 Å². The van der Waals surface area contributed by atoms with E-state index >= 15 is 0 Å². The maximum atomic E-state index is 11.7. The lowest BCUT2D eigenvalue weighted by Crippen LogP contribution is -2.41. The first kappa shape index (κ1) is 12.5. The van der Waals surface area contributed by atoms with Crippen LogP contribution >= 0.6 is 0 Å². The molecule has 0 aromatic heterocycles. The largest absolute Gasteiger partial charge is 0.353 e. The standard InChI is InChI=1S/C11H23NO/c1-6-8-9(3)12-10(13)11(4,5)7-2/h9H,6-8H2,1-5H3,(H,12,13). The van der Waals surface area contributed by atoms with Crippen LogP contribution in [0.5, 0.6) is 0 Å². The molecule has 0 saturated heterocycles. The highest BCUT2D eigenvalue weighted by atomic mass is 16.2. The highest BCUT2D eigenvalue weighted by Crippen LogP contribution is 2.19. The Kier molecular flexibility index (Phi) is 5.04. The first-order valence-electron chi connectivity index (χ1n) is 5.25. The normalized spacial score (nSPS) is 13.9. The molecular formula is C11H23NO. The molecule has 0 spiro atoms. The molecule has 1 amide bonds. The van der Waals surface area contributed by atoms with Crippen LogP contribution in [0.1, 0.15) is 53.9 Å². The summed E-state index contributed by atoms with van der Waals surface area (Å²) in [5, 5.41) is 3.03. The summed E-state index contributed by atoms with van der Waals surface area (Å²) in [5.74, 6) is 0.177. The molecule has 1 N–H and O–H groups in total. The van der Waals surface area contributed by atoms with E-state index < -0.39 is 0 Å². The molecule has 0 rings (SSSR count). The van der Waals surface area contributed by atoms with Gasteiger partial charge in [0.25, 0.3) is 0 Å². The van der Waals surface area contributed by atoms with Gasteiger partial charge in [-0.25, -0.2) is 0 Å². The topological polar surface area (TPSA) is 29.1 Å². The molecular weight excluding hydrogens is 162 g/mol. The molecule has 78 valence electrons. The Hall–Kier alpha value is -0.530. The zero-order chi connectivity index (χ0) is 10.5. The van der Waals surface area contributed by atoms with Gasteiger partial charge in [0.1, 0.15) is 0 Å². The lowest BCUT2D eigenvalue weighted by Gasteiger charge is -2.24. The number of carbonyl (C=O) groups is 1. The molecule has 0 radical (unpaired) electrons. The Morgan fingerprint density at radius 1 is 1.38 bits per heavy atom. The summed E-state index contributed by atoms with van der Waals surface area (Å²) in [6.07, 6.45) is 3.07. The summed E-state index contributed by atoms with van der Waals surface area (Å²) >= 11 is 0. The van der Waals surface area contributed by atoms with Crippen LogP contribution in [0.3, 0.4) is 0 Å². The second-order valence-corrected chi connectivity index (χ2v) is 4.40. The summed E-state index contributed by atoms with van der Waals surface area (Å²) < 4.78 is 0. The molecule has 0 saturated carbocycles. The van der Waals surface area contributed by atoms with Gasteiger partial charge in [0.05, 0.1) is 0 Å². The average Bonchev–Trinajstić information content (AvgIpc) is 2.04. The highest BCUT2D eigenvalue weighted by molar-refractivity contribution is 5.81. The van der Waals surface area contributed by atoms with E-state index in [2.05, 4.69) is 19.2 Å². The Morgan fingerprint density at radius 3 is 2.31 bits per heavy atom. The molecule has 13 heavy (non-hydrogen) atoms. The molecule has 2 heteroatoms. The van der Waals surface area contributed by atoms with Gasteiger partial charge < -0.3 is 5.32 Å². The van der Waals surface area contributed by atoms with Crippen LogP contribution in [0.2, 0.25) is 0 Å². The van der Waals surface area contributed by atoms with Gasteiger partial charge >= 0.3 is 0 Å². The molecule has 0 aromatic carbocycles. The van der Waals surface area contributed by atoms with Crippen LogP contribution in [-0.4, -0.2) is 11.9 Å². The van der Waals surface area contributed by atoms with Crippen molar-refractivity contribution >= 4 is 5.91 Å². The van der Waals surface area contributed by atoms with Crippen molar-refractivity contribution in [3.63, 3.8) is 0 Å². The molecule has 1 atom stereocenters. The number of amides is 1. The molecule has 2 nitrogen and oxygen atoms in total. The van der Waals surface area contributed by atoms with Crippen LogP contribution < -0.4 is 5.32 Å². The van der Waals surface area contributed by atoms with Gasteiger partial charge in [0, 0.05) is 11.5 Å². The van der Waals surface area contributed by atoms with Gasteiger partial charge in [-0.05, 0) is 19.8 Å². The Bertz CT molecular complexity index is 163. The van der Waals surface area contributed by atoms with Crippen LogP contribution in [0.25, 0.3) is 0 Å². The van der Waals surface area contributed by atoms with Crippen molar-refractivity contribution in [3.05, 3.63) is 0 Å². The number of nitrogens with one attached hydrogen (secondary N) is 1. The van der Waals surface area contributed by atoms with Gasteiger partial charge in [-0.2, -0.15) is 0 Å². The fraction of sp³-hybridized carbons (Fsp3) is 0.909. The number of carbonyl (C=O) groups excluding carboxylic acids is 1. The summed E-state index contributed by atoms with van der Waals surface area (Å²) in [6, 6.07) is 0.309. The van der Waals surface area contributed by atoms with Crippen molar-refractivity contribution in [1.29, 1.82) is 0 Å². The van der Waals surface area contributed by atoms with E-state index in [9.17, 15) is 4.79 Å². The van der Waals surface area contributed by atoms with Crippen LogP contribution in [0.15, 0.2) is 0 Å². The van der Waals surface area contributed by atoms with Crippen molar-refractivity contribution in [2.75, 3.05) is 0 Å². The van der Waals surface area contributed by atoms with E-state index in [1.807, 2.05) is 20.8 Å². The Morgan fingerprint density at radius 2 is 1.92 bits per heavy atom. The van der Waals surface area contributed by atoms with Crippen molar-refractivity contribution in [2.45, 2.75) is 59.9 Å². The highest BCUT2D eigenvalue weighted by Gasteiger charge is 2.25. The van der Waals surface area contributed by atoms with Crippen molar-refractivity contribution < 1.29 is 4.79 Å². The third kappa shape index (κ3) is 4.30. The molecule has 0 fully saturated rings. The molecule has 0 aromatic rings. The predicted molar refractivity (Wildman–Crippen MR) is 56.6 cm³/mol. The van der Waals surface area contributed by atoms with E-state index in [1.165, 1.54) is 0 Å². The van der Waals surface area contributed by atoms with Crippen LogP contribution in [0.4, 0.5) is 0 Å². The summed E-state index contributed by atoms with van der Waals surface area (Å²) in [6.45, 7) is 10.2. The van der Waals surface area contributed by atoms with E-state index in [4.69, 9.17) is 0 Å². The SMILES string of the molecule is CCCC(C)NC(=O)C(C)(C)CC. The third-order valence-corrected chi connectivity index (χ3v) is 2.60. The summed E-state index contributed by atoms with van der Waals surface area (Å²) in [5.41, 5.74) is -0.220. The fourth-order valence-electron chi connectivity index (χ4n) is 1.08. The lowest BCUT2D eigenvalue weighted by molar-refractivity contribution is -0.130. The van der Waals surface area contributed by atoms with Gasteiger partial charge in [-0.3, -0.25) is 4.79 Å². The minimum atomic E-state index is -0.220. The van der Waals surface area contributed by atoms with E-state index in [1.54, 1.807) is 0 Å². The Balaban J connectivity index is 3.99. The second kappa shape index (κ2) is 5.25. The third-order valence-electron chi connectivity index (χ3n) is 2.60. The monoisotopic (exact) mass is 185 g/mol. The van der Waals surface area contributed by atoms with Gasteiger partial charge in [0.15, 0.2) is 0 Å². The zero-order valence-electron chi connectivity index (χ0n) is 9.61. The van der Waals surface area contributed by atoms with Crippen LogP contribution in [-0.2, 0) is 4.79 Å². The molecule has 0 aliphatic carbocycles. The van der Waals surface area contributed by atoms with Gasteiger partial charge in [0.2, 0.25) is 5.91 Å². The molecule has 0 bridgehead atoms. The Labute approximate surface area is 82.1 Å². The molecule has 0 aliphatic rings. The predicted octanol–water partition coefficient (Wildman–Crippen LogP) is 2.73.